The maximum Gasteiger partial charge on any atom is 0.118 e. The average Bonchev–Trinajstić information content (AvgIpc) is 2.62. The molecule has 0 spiro atoms. The first-order valence-electron chi connectivity index (χ1n) is 7.06. The minimum Gasteiger partial charge on any atom is -0.497 e. The fourth-order valence-electron chi connectivity index (χ4n) is 2.48. The van der Waals surface area contributed by atoms with Crippen LogP contribution in [0.2, 0.25) is 0 Å². The van der Waals surface area contributed by atoms with Gasteiger partial charge in [-0.15, -0.1) is 0 Å². The lowest BCUT2D eigenvalue weighted by atomic mass is 9.94. The highest BCUT2D eigenvalue weighted by Gasteiger charge is 2.07. The Morgan fingerprint density at radius 3 is 1.68 bits per heavy atom. The molecule has 0 saturated carbocycles. The van der Waals surface area contributed by atoms with Crippen LogP contribution in [0.3, 0.4) is 0 Å². The topological polar surface area (TPSA) is 33.0 Å². The smallest absolute Gasteiger partial charge is 0.118 e. The molecule has 0 saturated heterocycles. The van der Waals surface area contributed by atoms with Gasteiger partial charge in [0.1, 0.15) is 5.75 Å². The fourth-order valence-corrected chi connectivity index (χ4v) is 2.48. The van der Waals surface area contributed by atoms with Crippen LogP contribution >= 0.6 is 0 Å². The van der Waals surface area contributed by atoms with Crippen LogP contribution in [0.15, 0.2) is 72.8 Å². The first-order chi connectivity index (χ1) is 10.8. The van der Waals surface area contributed by atoms with E-state index in [2.05, 4.69) is 30.3 Å². The molecule has 0 N–H and O–H groups in total. The summed E-state index contributed by atoms with van der Waals surface area (Å²) in [6.07, 6.45) is 0. The number of nitrogens with zero attached hydrogens (tertiary/aromatic N) is 1. The van der Waals surface area contributed by atoms with E-state index in [0.29, 0.717) is 5.56 Å². The highest BCUT2D eigenvalue weighted by molar-refractivity contribution is 5.83. The van der Waals surface area contributed by atoms with Crippen LogP contribution < -0.4 is 4.74 Å². The Balaban J connectivity index is 2.07. The van der Waals surface area contributed by atoms with Crippen LogP contribution in [0.5, 0.6) is 5.75 Å². The van der Waals surface area contributed by atoms with Gasteiger partial charge >= 0.3 is 0 Å². The monoisotopic (exact) mass is 285 g/mol. The molecule has 0 aromatic heterocycles. The van der Waals surface area contributed by atoms with Gasteiger partial charge in [0.25, 0.3) is 0 Å². The van der Waals surface area contributed by atoms with Crippen molar-refractivity contribution in [1.29, 1.82) is 5.26 Å². The Morgan fingerprint density at radius 1 is 0.727 bits per heavy atom. The summed E-state index contributed by atoms with van der Waals surface area (Å²) in [5.74, 6) is 0.847. The summed E-state index contributed by atoms with van der Waals surface area (Å²) in [6, 6.07) is 26.1. The molecule has 0 unspecified atom stereocenters. The van der Waals surface area contributed by atoms with Crippen molar-refractivity contribution < 1.29 is 4.74 Å². The number of benzene rings is 3. The Hall–Kier alpha value is -3.05. The summed E-state index contributed by atoms with van der Waals surface area (Å²) < 4.78 is 5.21. The van der Waals surface area contributed by atoms with Gasteiger partial charge < -0.3 is 4.74 Å². The van der Waals surface area contributed by atoms with Gasteiger partial charge in [0, 0.05) is 0 Å². The predicted octanol–water partition coefficient (Wildman–Crippen LogP) is 4.90. The Morgan fingerprint density at radius 2 is 1.23 bits per heavy atom. The Bertz CT molecular complexity index is 812. The van der Waals surface area contributed by atoms with Crippen LogP contribution in [0.1, 0.15) is 5.56 Å². The van der Waals surface area contributed by atoms with Gasteiger partial charge in [0.05, 0.1) is 18.7 Å². The molecule has 0 aliphatic rings. The molecule has 0 fully saturated rings. The first kappa shape index (κ1) is 13.9. The molecular weight excluding hydrogens is 270 g/mol. The van der Waals surface area contributed by atoms with Gasteiger partial charge in [-0.2, -0.15) is 5.26 Å². The number of hydrogen-bond donors (Lipinski definition) is 0. The predicted molar refractivity (Wildman–Crippen MR) is 88.6 cm³/mol. The second kappa shape index (κ2) is 6.15. The second-order valence-electron chi connectivity index (χ2n) is 4.96. The van der Waals surface area contributed by atoms with E-state index in [9.17, 15) is 0 Å². The van der Waals surface area contributed by atoms with Crippen LogP contribution in [-0.4, -0.2) is 7.11 Å². The van der Waals surface area contributed by atoms with Gasteiger partial charge in [-0.3, -0.25) is 0 Å². The molecule has 0 amide bonds. The number of ether oxygens (including phenoxy) is 1. The molecule has 106 valence electrons. The lowest BCUT2D eigenvalue weighted by Crippen LogP contribution is -1.86. The minimum atomic E-state index is 0.672. The zero-order chi connectivity index (χ0) is 15.4. The number of methoxy groups -OCH3 is 1. The van der Waals surface area contributed by atoms with Crippen LogP contribution in [-0.2, 0) is 0 Å². The summed E-state index contributed by atoms with van der Waals surface area (Å²) in [7, 11) is 1.67. The van der Waals surface area contributed by atoms with Crippen molar-refractivity contribution >= 4 is 0 Å². The molecule has 0 atom stereocenters. The molecule has 2 heteroatoms. The van der Waals surface area contributed by atoms with Crippen molar-refractivity contribution in [3.63, 3.8) is 0 Å². The normalized spacial score (nSPS) is 10.0. The van der Waals surface area contributed by atoms with E-state index < -0.39 is 0 Å². The van der Waals surface area contributed by atoms with E-state index in [0.717, 1.165) is 28.0 Å². The molecule has 3 aromatic carbocycles. The summed E-state index contributed by atoms with van der Waals surface area (Å²) in [6.45, 7) is 0. The van der Waals surface area contributed by atoms with Crippen molar-refractivity contribution in [2.24, 2.45) is 0 Å². The van der Waals surface area contributed by atoms with Gasteiger partial charge in [-0.05, 0) is 46.5 Å². The highest BCUT2D eigenvalue weighted by atomic mass is 16.5. The largest absolute Gasteiger partial charge is 0.497 e. The molecule has 3 rings (SSSR count). The summed E-state index contributed by atoms with van der Waals surface area (Å²) >= 11 is 0. The molecule has 2 nitrogen and oxygen atoms in total. The van der Waals surface area contributed by atoms with Crippen molar-refractivity contribution in [3.8, 4) is 34.1 Å². The van der Waals surface area contributed by atoms with E-state index in [-0.39, 0.29) is 0 Å². The SMILES string of the molecule is COc1ccc(-c2ccccc2-c2ccc(C#N)cc2)cc1. The average molecular weight is 285 g/mol. The summed E-state index contributed by atoms with van der Waals surface area (Å²) in [5.41, 5.74) is 5.23. The highest BCUT2D eigenvalue weighted by Crippen LogP contribution is 2.32. The molecule has 0 radical (unpaired) electrons. The van der Waals surface area contributed by atoms with Crippen LogP contribution in [0.25, 0.3) is 22.3 Å². The standard InChI is InChI=1S/C20H15NO/c1-22-18-12-10-17(11-13-18)20-5-3-2-4-19(20)16-8-6-15(14-21)7-9-16/h2-13H,1H3. The molecule has 0 heterocycles. The maximum absolute atomic E-state index is 8.92. The Kier molecular flexibility index (Phi) is 3.89. The lowest BCUT2D eigenvalue weighted by Gasteiger charge is -2.11. The molecular formula is C20H15NO. The van der Waals surface area contributed by atoms with E-state index >= 15 is 0 Å². The minimum absolute atomic E-state index is 0.672. The number of rotatable bonds is 3. The molecule has 3 aromatic rings. The third-order valence-corrected chi connectivity index (χ3v) is 3.65. The van der Waals surface area contributed by atoms with E-state index in [1.807, 2.05) is 48.5 Å². The summed E-state index contributed by atoms with van der Waals surface area (Å²) in [4.78, 5) is 0. The molecule has 0 bridgehead atoms. The number of nitriles is 1. The van der Waals surface area contributed by atoms with Crippen LogP contribution in [0, 0.1) is 11.3 Å². The second-order valence-corrected chi connectivity index (χ2v) is 4.96. The Labute approximate surface area is 130 Å². The van der Waals surface area contributed by atoms with Gasteiger partial charge in [-0.1, -0.05) is 48.5 Å². The van der Waals surface area contributed by atoms with Crippen molar-refractivity contribution in [2.45, 2.75) is 0 Å². The molecule has 22 heavy (non-hydrogen) atoms. The first-order valence-corrected chi connectivity index (χ1v) is 7.06. The van der Waals surface area contributed by atoms with E-state index in [1.165, 1.54) is 0 Å². The lowest BCUT2D eigenvalue weighted by molar-refractivity contribution is 0.415. The maximum atomic E-state index is 8.92. The van der Waals surface area contributed by atoms with E-state index in [1.54, 1.807) is 7.11 Å². The van der Waals surface area contributed by atoms with Gasteiger partial charge in [0.15, 0.2) is 0 Å². The van der Waals surface area contributed by atoms with Crippen molar-refractivity contribution in [1.82, 2.24) is 0 Å². The quantitative estimate of drug-likeness (QED) is 0.685. The van der Waals surface area contributed by atoms with Crippen molar-refractivity contribution in [3.05, 3.63) is 78.4 Å². The van der Waals surface area contributed by atoms with Crippen LogP contribution in [0.4, 0.5) is 0 Å². The third-order valence-electron chi connectivity index (χ3n) is 3.65. The van der Waals surface area contributed by atoms with Crippen molar-refractivity contribution in [2.75, 3.05) is 7.11 Å². The number of hydrogen-bond acceptors (Lipinski definition) is 2. The van der Waals surface area contributed by atoms with Gasteiger partial charge in [-0.25, -0.2) is 0 Å². The van der Waals surface area contributed by atoms with E-state index in [4.69, 9.17) is 10.00 Å². The summed E-state index contributed by atoms with van der Waals surface area (Å²) in [5, 5.41) is 8.92. The third kappa shape index (κ3) is 2.70. The fraction of sp³-hybridized carbons (Fsp3) is 0.0500. The zero-order valence-electron chi connectivity index (χ0n) is 12.3. The molecule has 0 aliphatic heterocycles. The molecule has 0 aliphatic carbocycles. The van der Waals surface area contributed by atoms with Gasteiger partial charge in [0.2, 0.25) is 0 Å². The zero-order valence-corrected chi connectivity index (χ0v) is 12.3.